The lowest BCUT2D eigenvalue weighted by Gasteiger charge is -1.84. The van der Waals surface area contributed by atoms with Crippen LogP contribution in [0.2, 0.25) is 0 Å². The number of hydrogen-bond donors (Lipinski definition) is 1. The summed E-state index contributed by atoms with van der Waals surface area (Å²) in [6.07, 6.45) is 2.01. The highest BCUT2D eigenvalue weighted by molar-refractivity contribution is 5.17. The third-order valence-electron chi connectivity index (χ3n) is 0.514. The standard InChI is InChI=1S/C6H7FO/c1-3-6(8)4-5(2)7/h3-4,8H,1-2H2/b6-4+. The maximum atomic E-state index is 11.7. The lowest BCUT2D eigenvalue weighted by Crippen LogP contribution is -1.70. The minimum atomic E-state index is -0.678. The van der Waals surface area contributed by atoms with Gasteiger partial charge in [0.05, 0.1) is 0 Å². The molecule has 0 aromatic carbocycles. The first-order valence-electron chi connectivity index (χ1n) is 2.04. The molecule has 0 spiro atoms. The highest BCUT2D eigenvalue weighted by Gasteiger charge is 1.83. The molecule has 0 saturated carbocycles. The van der Waals surface area contributed by atoms with Crippen LogP contribution in [0, 0.1) is 0 Å². The predicted molar refractivity (Wildman–Crippen MR) is 31.2 cm³/mol. The summed E-state index contributed by atoms with van der Waals surface area (Å²) in [5.74, 6) is -0.889. The number of aliphatic hydroxyl groups is 1. The van der Waals surface area contributed by atoms with Crippen LogP contribution >= 0.6 is 0 Å². The third kappa shape index (κ3) is 3.15. The molecule has 0 unspecified atom stereocenters. The summed E-state index contributed by atoms with van der Waals surface area (Å²) >= 11 is 0. The first-order chi connectivity index (χ1) is 3.66. The van der Waals surface area contributed by atoms with Crippen LogP contribution in [-0.2, 0) is 0 Å². The van der Waals surface area contributed by atoms with E-state index in [1.54, 1.807) is 0 Å². The first kappa shape index (κ1) is 6.95. The van der Waals surface area contributed by atoms with Crippen molar-refractivity contribution in [2.24, 2.45) is 0 Å². The van der Waals surface area contributed by atoms with Crippen molar-refractivity contribution in [1.29, 1.82) is 0 Å². The predicted octanol–water partition coefficient (Wildman–Crippen LogP) is 2.10. The zero-order valence-corrected chi connectivity index (χ0v) is 4.39. The Morgan fingerprint density at radius 2 is 2.12 bits per heavy atom. The average molecular weight is 114 g/mol. The molecule has 0 amide bonds. The molecular formula is C6H7FO. The molecule has 0 aliphatic heterocycles. The molecule has 2 heteroatoms. The molecule has 44 valence electrons. The van der Waals surface area contributed by atoms with Gasteiger partial charge in [-0.2, -0.15) is 0 Å². The maximum absolute atomic E-state index is 11.7. The Balaban J connectivity index is 3.94. The maximum Gasteiger partial charge on any atom is 0.119 e. The van der Waals surface area contributed by atoms with Gasteiger partial charge in [-0.05, 0) is 6.08 Å². The van der Waals surface area contributed by atoms with E-state index in [0.29, 0.717) is 0 Å². The highest BCUT2D eigenvalue weighted by Crippen LogP contribution is 1.97. The molecule has 0 rings (SSSR count). The summed E-state index contributed by atoms with van der Waals surface area (Å²) in [6.45, 7) is 6.08. The lowest BCUT2D eigenvalue weighted by molar-refractivity contribution is 0.429. The van der Waals surface area contributed by atoms with E-state index in [9.17, 15) is 4.39 Å². The van der Waals surface area contributed by atoms with E-state index in [1.807, 2.05) is 0 Å². The number of allylic oxidation sites excluding steroid dienone is 3. The van der Waals surface area contributed by atoms with Gasteiger partial charge in [0, 0.05) is 6.08 Å². The zero-order chi connectivity index (χ0) is 6.57. The molecule has 1 nitrogen and oxygen atoms in total. The van der Waals surface area contributed by atoms with Gasteiger partial charge in [-0.15, -0.1) is 0 Å². The van der Waals surface area contributed by atoms with E-state index in [1.165, 1.54) is 0 Å². The topological polar surface area (TPSA) is 20.2 Å². The molecule has 0 aromatic heterocycles. The summed E-state index contributed by atoms with van der Waals surface area (Å²) < 4.78 is 11.7. The Bertz CT molecular complexity index is 135. The fourth-order valence-corrected chi connectivity index (χ4v) is 0.219. The molecule has 0 heterocycles. The second kappa shape index (κ2) is 3.02. The Labute approximate surface area is 47.5 Å². The molecule has 0 bridgehead atoms. The van der Waals surface area contributed by atoms with Crippen molar-refractivity contribution in [3.63, 3.8) is 0 Å². The van der Waals surface area contributed by atoms with Gasteiger partial charge in [-0.25, -0.2) is 4.39 Å². The van der Waals surface area contributed by atoms with Crippen molar-refractivity contribution in [3.05, 3.63) is 36.9 Å². The van der Waals surface area contributed by atoms with E-state index in [-0.39, 0.29) is 5.76 Å². The zero-order valence-electron chi connectivity index (χ0n) is 4.39. The van der Waals surface area contributed by atoms with Gasteiger partial charge >= 0.3 is 0 Å². The van der Waals surface area contributed by atoms with E-state index < -0.39 is 5.83 Å². The van der Waals surface area contributed by atoms with Crippen LogP contribution < -0.4 is 0 Å². The molecule has 0 aliphatic rings. The van der Waals surface area contributed by atoms with Crippen molar-refractivity contribution in [1.82, 2.24) is 0 Å². The van der Waals surface area contributed by atoms with Crippen LogP contribution in [0.3, 0.4) is 0 Å². The van der Waals surface area contributed by atoms with Crippen molar-refractivity contribution in [3.8, 4) is 0 Å². The van der Waals surface area contributed by atoms with Gasteiger partial charge in [0.1, 0.15) is 11.6 Å². The Kier molecular flexibility index (Phi) is 2.62. The molecule has 1 N–H and O–H groups in total. The fraction of sp³-hybridized carbons (Fsp3) is 0. The molecule has 8 heavy (non-hydrogen) atoms. The smallest absolute Gasteiger partial charge is 0.119 e. The van der Waals surface area contributed by atoms with E-state index >= 15 is 0 Å². The fourth-order valence-electron chi connectivity index (χ4n) is 0.219. The monoisotopic (exact) mass is 114 g/mol. The van der Waals surface area contributed by atoms with Crippen molar-refractivity contribution < 1.29 is 9.50 Å². The van der Waals surface area contributed by atoms with E-state index in [0.717, 1.165) is 12.2 Å². The summed E-state index contributed by atoms with van der Waals surface area (Å²) in [6, 6.07) is 0. The average Bonchev–Trinajstić information content (AvgIpc) is 1.65. The van der Waals surface area contributed by atoms with Crippen LogP contribution in [0.15, 0.2) is 36.9 Å². The van der Waals surface area contributed by atoms with Crippen LogP contribution in [0.1, 0.15) is 0 Å². The van der Waals surface area contributed by atoms with Gasteiger partial charge in [-0.1, -0.05) is 13.2 Å². The minimum absolute atomic E-state index is 0.211. The first-order valence-corrected chi connectivity index (χ1v) is 2.04. The number of hydrogen-bond acceptors (Lipinski definition) is 1. The summed E-state index contributed by atoms with van der Waals surface area (Å²) in [7, 11) is 0. The van der Waals surface area contributed by atoms with Gasteiger partial charge in [-0.3, -0.25) is 0 Å². The van der Waals surface area contributed by atoms with Crippen LogP contribution in [0.5, 0.6) is 0 Å². The van der Waals surface area contributed by atoms with Crippen molar-refractivity contribution >= 4 is 0 Å². The summed E-state index contributed by atoms with van der Waals surface area (Å²) in [5.41, 5.74) is 0. The number of aliphatic hydroxyl groups excluding tert-OH is 1. The molecule has 0 saturated heterocycles. The Hall–Kier alpha value is -1.05. The molecule has 0 aromatic rings. The van der Waals surface area contributed by atoms with Gasteiger partial charge in [0.15, 0.2) is 0 Å². The Morgan fingerprint density at radius 1 is 1.62 bits per heavy atom. The van der Waals surface area contributed by atoms with Crippen LogP contribution in [0.4, 0.5) is 4.39 Å². The summed E-state index contributed by atoms with van der Waals surface area (Å²) in [5, 5.41) is 8.47. The summed E-state index contributed by atoms with van der Waals surface area (Å²) in [4.78, 5) is 0. The highest BCUT2D eigenvalue weighted by atomic mass is 19.1. The second-order valence-corrected chi connectivity index (χ2v) is 1.22. The number of halogens is 1. The molecule has 0 fully saturated rings. The van der Waals surface area contributed by atoms with Crippen LogP contribution in [0.25, 0.3) is 0 Å². The second-order valence-electron chi connectivity index (χ2n) is 1.22. The molecule has 0 radical (unpaired) electrons. The SMILES string of the molecule is C=C/C(O)=C\C(=C)F. The van der Waals surface area contributed by atoms with Crippen LogP contribution in [-0.4, -0.2) is 5.11 Å². The normalized spacial score (nSPS) is 10.9. The Morgan fingerprint density at radius 3 is 2.25 bits per heavy atom. The lowest BCUT2D eigenvalue weighted by atomic mass is 10.4. The quantitative estimate of drug-likeness (QED) is 0.430. The third-order valence-corrected chi connectivity index (χ3v) is 0.514. The minimum Gasteiger partial charge on any atom is -0.508 e. The largest absolute Gasteiger partial charge is 0.508 e. The molecule has 0 atom stereocenters. The van der Waals surface area contributed by atoms with E-state index in [4.69, 9.17) is 5.11 Å². The molecule has 0 aliphatic carbocycles. The van der Waals surface area contributed by atoms with Crippen molar-refractivity contribution in [2.75, 3.05) is 0 Å². The van der Waals surface area contributed by atoms with E-state index in [2.05, 4.69) is 13.2 Å². The van der Waals surface area contributed by atoms with Gasteiger partial charge < -0.3 is 5.11 Å². The van der Waals surface area contributed by atoms with Gasteiger partial charge in [0.2, 0.25) is 0 Å². The van der Waals surface area contributed by atoms with Gasteiger partial charge in [0.25, 0.3) is 0 Å². The van der Waals surface area contributed by atoms with Crippen molar-refractivity contribution in [2.45, 2.75) is 0 Å². The number of rotatable bonds is 2. The molecular weight excluding hydrogens is 107 g/mol.